The van der Waals surface area contributed by atoms with E-state index in [9.17, 15) is 4.39 Å². The average molecular weight is 269 g/mol. The van der Waals surface area contributed by atoms with E-state index in [4.69, 9.17) is 17.3 Å². The van der Waals surface area contributed by atoms with Gasteiger partial charge in [-0.2, -0.15) is 0 Å². The van der Waals surface area contributed by atoms with Crippen molar-refractivity contribution in [3.63, 3.8) is 0 Å². The molecule has 0 aliphatic carbocycles. The predicted octanol–water partition coefficient (Wildman–Crippen LogP) is 2.78. The van der Waals surface area contributed by atoms with Gasteiger partial charge in [-0.15, -0.1) is 10.2 Å². The van der Waals surface area contributed by atoms with Gasteiger partial charge in [0.1, 0.15) is 11.6 Å². The molecule has 1 heterocycles. The van der Waals surface area contributed by atoms with Crippen molar-refractivity contribution in [2.45, 2.75) is 26.4 Å². The normalized spacial score (nSPS) is 11.2. The molecule has 0 saturated carbocycles. The number of nitrogens with two attached hydrogens (primary N) is 1. The molecule has 0 fully saturated rings. The molecule has 2 N–H and O–H groups in total. The Kier molecular flexibility index (Phi) is 3.63. The summed E-state index contributed by atoms with van der Waals surface area (Å²) in [4.78, 5) is 0. The largest absolute Gasteiger partial charge is 0.324 e. The highest BCUT2D eigenvalue weighted by atomic mass is 35.5. The summed E-state index contributed by atoms with van der Waals surface area (Å²) >= 11 is 6.04. The van der Waals surface area contributed by atoms with Crippen molar-refractivity contribution >= 4 is 11.6 Å². The predicted molar refractivity (Wildman–Crippen MR) is 68.7 cm³/mol. The van der Waals surface area contributed by atoms with Crippen LogP contribution in [0.2, 0.25) is 5.02 Å². The number of hydrogen-bond donors (Lipinski definition) is 1. The van der Waals surface area contributed by atoms with Gasteiger partial charge in [-0.3, -0.25) is 0 Å². The van der Waals surface area contributed by atoms with E-state index >= 15 is 0 Å². The molecule has 0 bridgehead atoms. The number of aromatic nitrogens is 3. The molecule has 2 aromatic rings. The van der Waals surface area contributed by atoms with Gasteiger partial charge in [0.05, 0.1) is 17.1 Å². The highest BCUT2D eigenvalue weighted by Gasteiger charge is 2.20. The molecule has 0 atom stereocenters. The molecule has 2 rings (SSSR count). The molecule has 0 saturated heterocycles. The van der Waals surface area contributed by atoms with Crippen LogP contribution in [0.5, 0.6) is 0 Å². The molecule has 0 spiro atoms. The minimum atomic E-state index is -0.416. The molecule has 0 aliphatic rings. The van der Waals surface area contributed by atoms with E-state index in [1.54, 1.807) is 16.7 Å². The lowest BCUT2D eigenvalue weighted by molar-refractivity contribution is 0.569. The molecule has 0 radical (unpaired) electrons. The van der Waals surface area contributed by atoms with Crippen LogP contribution in [0.4, 0.5) is 4.39 Å². The maximum absolute atomic E-state index is 13.9. The fourth-order valence-electron chi connectivity index (χ4n) is 1.89. The first-order valence-corrected chi connectivity index (χ1v) is 6.02. The van der Waals surface area contributed by atoms with Crippen LogP contribution in [0.3, 0.4) is 0 Å². The SMILES string of the molecule is CC(C)n1c(CN)nnc1-c1c(F)cccc1Cl. The van der Waals surface area contributed by atoms with Crippen molar-refractivity contribution in [3.8, 4) is 11.4 Å². The molecular weight excluding hydrogens is 255 g/mol. The summed E-state index contributed by atoms with van der Waals surface area (Å²) in [5.74, 6) is 0.605. The van der Waals surface area contributed by atoms with Crippen LogP contribution in [0.25, 0.3) is 11.4 Å². The van der Waals surface area contributed by atoms with E-state index in [-0.39, 0.29) is 18.2 Å². The maximum atomic E-state index is 13.9. The van der Waals surface area contributed by atoms with Gasteiger partial charge in [-0.05, 0) is 26.0 Å². The lowest BCUT2D eigenvalue weighted by Gasteiger charge is -2.14. The van der Waals surface area contributed by atoms with Crippen molar-refractivity contribution < 1.29 is 4.39 Å². The number of hydrogen-bond acceptors (Lipinski definition) is 3. The van der Waals surface area contributed by atoms with E-state index in [0.29, 0.717) is 16.7 Å². The molecule has 0 unspecified atom stereocenters. The molecule has 6 heteroatoms. The van der Waals surface area contributed by atoms with E-state index in [0.717, 1.165) is 0 Å². The van der Waals surface area contributed by atoms with Gasteiger partial charge < -0.3 is 10.3 Å². The van der Waals surface area contributed by atoms with Gasteiger partial charge in [-0.1, -0.05) is 17.7 Å². The van der Waals surface area contributed by atoms with Crippen molar-refractivity contribution in [2.24, 2.45) is 5.73 Å². The molecule has 1 aromatic heterocycles. The van der Waals surface area contributed by atoms with Crippen molar-refractivity contribution in [1.29, 1.82) is 0 Å². The third kappa shape index (κ3) is 2.11. The number of benzene rings is 1. The quantitative estimate of drug-likeness (QED) is 0.931. The highest BCUT2D eigenvalue weighted by Crippen LogP contribution is 2.31. The van der Waals surface area contributed by atoms with Crippen molar-refractivity contribution in [3.05, 3.63) is 34.9 Å². The van der Waals surface area contributed by atoms with Crippen LogP contribution in [-0.2, 0) is 6.54 Å². The zero-order chi connectivity index (χ0) is 13.3. The van der Waals surface area contributed by atoms with Crippen molar-refractivity contribution in [2.75, 3.05) is 0 Å². The standard InChI is InChI=1S/C12H14ClFN4/c1-7(2)18-10(6-15)16-17-12(18)11-8(13)4-3-5-9(11)14/h3-5,7H,6,15H2,1-2H3. The van der Waals surface area contributed by atoms with Crippen molar-refractivity contribution in [1.82, 2.24) is 14.8 Å². The smallest absolute Gasteiger partial charge is 0.168 e. The van der Waals surface area contributed by atoms with Gasteiger partial charge in [-0.25, -0.2) is 4.39 Å². The summed E-state index contributed by atoms with van der Waals surface area (Å²) < 4.78 is 15.7. The Balaban J connectivity index is 2.68. The third-order valence-corrected chi connectivity index (χ3v) is 2.97. The summed E-state index contributed by atoms with van der Waals surface area (Å²) in [6.45, 7) is 4.17. The van der Waals surface area contributed by atoms with Crippen LogP contribution in [0.15, 0.2) is 18.2 Å². The second-order valence-corrected chi connectivity index (χ2v) is 4.61. The Morgan fingerprint density at radius 2 is 2.11 bits per heavy atom. The van der Waals surface area contributed by atoms with E-state index < -0.39 is 5.82 Å². The Bertz CT molecular complexity index is 545. The second kappa shape index (κ2) is 5.04. The second-order valence-electron chi connectivity index (χ2n) is 4.20. The topological polar surface area (TPSA) is 56.7 Å². The van der Waals surface area contributed by atoms with Gasteiger partial charge in [0.15, 0.2) is 5.82 Å². The summed E-state index contributed by atoms with van der Waals surface area (Å²) in [6.07, 6.45) is 0. The summed E-state index contributed by atoms with van der Waals surface area (Å²) in [7, 11) is 0. The number of halogens is 2. The number of rotatable bonds is 3. The van der Waals surface area contributed by atoms with Crippen LogP contribution in [0, 0.1) is 5.82 Å². The molecular formula is C12H14ClFN4. The van der Waals surface area contributed by atoms with E-state index in [1.807, 2.05) is 13.8 Å². The molecule has 0 amide bonds. The molecule has 1 aromatic carbocycles. The van der Waals surface area contributed by atoms with E-state index in [1.165, 1.54) is 6.07 Å². The number of nitrogens with zero attached hydrogens (tertiary/aromatic N) is 3. The first-order chi connectivity index (χ1) is 8.56. The summed E-state index contributed by atoms with van der Waals surface area (Å²) in [5, 5.41) is 8.30. The third-order valence-electron chi connectivity index (χ3n) is 2.65. The van der Waals surface area contributed by atoms with Crippen LogP contribution in [-0.4, -0.2) is 14.8 Å². The molecule has 18 heavy (non-hydrogen) atoms. The Labute approximate surface area is 110 Å². The minimum absolute atomic E-state index is 0.0734. The molecule has 96 valence electrons. The van der Waals surface area contributed by atoms with E-state index in [2.05, 4.69) is 10.2 Å². The minimum Gasteiger partial charge on any atom is -0.324 e. The lowest BCUT2D eigenvalue weighted by Crippen LogP contribution is -2.12. The average Bonchev–Trinajstić information content (AvgIpc) is 2.72. The fraction of sp³-hybridized carbons (Fsp3) is 0.333. The molecule has 4 nitrogen and oxygen atoms in total. The maximum Gasteiger partial charge on any atom is 0.168 e. The summed E-state index contributed by atoms with van der Waals surface area (Å²) in [5.41, 5.74) is 5.87. The van der Waals surface area contributed by atoms with Gasteiger partial charge in [0.2, 0.25) is 0 Å². The summed E-state index contributed by atoms with van der Waals surface area (Å²) in [6, 6.07) is 4.61. The van der Waals surface area contributed by atoms with Crippen LogP contribution < -0.4 is 5.73 Å². The Morgan fingerprint density at radius 3 is 2.67 bits per heavy atom. The van der Waals surface area contributed by atoms with Crippen LogP contribution >= 0.6 is 11.6 Å². The van der Waals surface area contributed by atoms with Crippen LogP contribution in [0.1, 0.15) is 25.7 Å². The van der Waals surface area contributed by atoms with Gasteiger partial charge >= 0.3 is 0 Å². The molecule has 0 aliphatic heterocycles. The first-order valence-electron chi connectivity index (χ1n) is 5.64. The zero-order valence-electron chi connectivity index (χ0n) is 10.2. The Hall–Kier alpha value is -1.46. The monoisotopic (exact) mass is 268 g/mol. The fourth-order valence-corrected chi connectivity index (χ4v) is 2.13. The Morgan fingerprint density at radius 1 is 1.39 bits per heavy atom. The first kappa shape index (κ1) is 13.0. The van der Waals surface area contributed by atoms with Gasteiger partial charge in [0, 0.05) is 6.04 Å². The highest BCUT2D eigenvalue weighted by molar-refractivity contribution is 6.33. The lowest BCUT2D eigenvalue weighted by atomic mass is 10.2. The zero-order valence-corrected chi connectivity index (χ0v) is 10.9. The van der Waals surface area contributed by atoms with Gasteiger partial charge in [0.25, 0.3) is 0 Å².